The van der Waals surface area contributed by atoms with E-state index in [0.717, 1.165) is 4.47 Å². The molecule has 0 aliphatic rings. The molecule has 2 N–H and O–H groups in total. The van der Waals surface area contributed by atoms with E-state index in [1.54, 1.807) is 18.2 Å². The molecule has 1 aromatic rings. The Morgan fingerprint density at radius 2 is 2.06 bits per heavy atom. The highest BCUT2D eigenvalue weighted by molar-refractivity contribution is 9.10. The summed E-state index contributed by atoms with van der Waals surface area (Å²) in [5.74, 6) is -0.602. The zero-order valence-electron chi connectivity index (χ0n) is 9.22. The van der Waals surface area contributed by atoms with Crippen LogP contribution in [0.2, 0.25) is 5.02 Å². The van der Waals surface area contributed by atoms with Gasteiger partial charge < -0.3 is 10.6 Å². The molecule has 0 radical (unpaired) electrons. The third-order valence-corrected chi connectivity index (χ3v) is 2.78. The van der Waals surface area contributed by atoms with E-state index in [1.807, 2.05) is 6.92 Å². The Kier molecular flexibility index (Phi) is 5.44. The van der Waals surface area contributed by atoms with Crippen LogP contribution in [-0.2, 0) is 4.79 Å². The minimum atomic E-state index is -0.373. The predicted octanol–water partition coefficient (Wildman–Crippen LogP) is 1.97. The van der Waals surface area contributed by atoms with Crippen molar-refractivity contribution < 1.29 is 9.59 Å². The van der Waals surface area contributed by atoms with Crippen LogP contribution in [-0.4, -0.2) is 24.9 Å². The molecule has 0 atom stereocenters. The molecule has 0 saturated carbocycles. The number of nitrogens with one attached hydrogen (secondary N) is 2. The fourth-order valence-corrected chi connectivity index (χ4v) is 1.75. The number of carbonyl (C=O) groups excluding carboxylic acids is 2. The topological polar surface area (TPSA) is 58.2 Å². The van der Waals surface area contributed by atoms with E-state index < -0.39 is 0 Å². The fraction of sp³-hybridized carbons (Fsp3) is 0.273. The van der Waals surface area contributed by atoms with Gasteiger partial charge in [-0.2, -0.15) is 0 Å². The van der Waals surface area contributed by atoms with Gasteiger partial charge in [-0.3, -0.25) is 9.59 Å². The molecule has 0 spiro atoms. The Morgan fingerprint density at radius 3 is 2.71 bits per heavy atom. The Labute approximate surface area is 113 Å². The second-order valence-electron chi connectivity index (χ2n) is 3.26. The number of hydrogen-bond donors (Lipinski definition) is 2. The van der Waals surface area contributed by atoms with Crippen LogP contribution in [0.15, 0.2) is 22.7 Å². The first-order valence-electron chi connectivity index (χ1n) is 5.04. The van der Waals surface area contributed by atoms with Gasteiger partial charge in [-0.1, -0.05) is 27.5 Å². The first-order valence-corrected chi connectivity index (χ1v) is 6.21. The van der Waals surface area contributed by atoms with Gasteiger partial charge in [0.1, 0.15) is 0 Å². The number of rotatable bonds is 4. The number of hydrogen-bond acceptors (Lipinski definition) is 2. The highest BCUT2D eigenvalue weighted by atomic mass is 79.9. The van der Waals surface area contributed by atoms with Gasteiger partial charge >= 0.3 is 0 Å². The van der Waals surface area contributed by atoms with Crippen LogP contribution in [0.1, 0.15) is 17.3 Å². The molecule has 4 nitrogen and oxygen atoms in total. The summed E-state index contributed by atoms with van der Waals surface area (Å²) in [7, 11) is 0. The molecule has 0 aliphatic carbocycles. The van der Waals surface area contributed by atoms with Crippen molar-refractivity contribution in [1.29, 1.82) is 0 Å². The summed E-state index contributed by atoms with van der Waals surface area (Å²) in [5.41, 5.74) is 0.338. The molecule has 92 valence electrons. The summed E-state index contributed by atoms with van der Waals surface area (Å²) in [6.07, 6.45) is 0. The van der Waals surface area contributed by atoms with Crippen molar-refractivity contribution in [2.45, 2.75) is 6.92 Å². The van der Waals surface area contributed by atoms with Crippen LogP contribution >= 0.6 is 27.5 Å². The van der Waals surface area contributed by atoms with Gasteiger partial charge in [0.2, 0.25) is 5.91 Å². The van der Waals surface area contributed by atoms with Crippen LogP contribution in [0, 0.1) is 0 Å². The Hall–Kier alpha value is -1.07. The van der Waals surface area contributed by atoms with E-state index in [4.69, 9.17) is 11.6 Å². The standard InChI is InChI=1S/C11H12BrClN2O2/c1-2-14-10(16)6-15-11(17)8-5-7(12)3-4-9(8)13/h3-5H,2,6H2,1H3,(H,14,16)(H,15,17). The maximum Gasteiger partial charge on any atom is 0.253 e. The molecule has 6 heteroatoms. The van der Waals surface area contributed by atoms with Crippen molar-refractivity contribution in [3.63, 3.8) is 0 Å². The molecule has 2 amide bonds. The summed E-state index contributed by atoms with van der Waals surface area (Å²) < 4.78 is 0.755. The minimum Gasteiger partial charge on any atom is -0.355 e. The number of halogens is 2. The van der Waals surface area contributed by atoms with Gasteiger partial charge in [0.05, 0.1) is 17.1 Å². The normalized spacial score (nSPS) is 9.82. The van der Waals surface area contributed by atoms with Gasteiger partial charge in [-0.05, 0) is 25.1 Å². The second-order valence-corrected chi connectivity index (χ2v) is 4.58. The fourth-order valence-electron chi connectivity index (χ4n) is 1.19. The zero-order valence-corrected chi connectivity index (χ0v) is 11.6. The van der Waals surface area contributed by atoms with Crippen LogP contribution in [0.25, 0.3) is 0 Å². The van der Waals surface area contributed by atoms with Crippen LogP contribution in [0.3, 0.4) is 0 Å². The lowest BCUT2D eigenvalue weighted by Crippen LogP contribution is -2.36. The molecule has 1 aromatic carbocycles. The second kappa shape index (κ2) is 6.61. The summed E-state index contributed by atoms with van der Waals surface area (Å²) in [6, 6.07) is 4.96. The maximum absolute atomic E-state index is 11.7. The lowest BCUT2D eigenvalue weighted by Gasteiger charge is -2.07. The number of likely N-dealkylation sites (N-methyl/N-ethyl adjacent to an activating group) is 1. The van der Waals surface area contributed by atoms with Crippen molar-refractivity contribution in [2.75, 3.05) is 13.1 Å². The largest absolute Gasteiger partial charge is 0.355 e. The molecular weight excluding hydrogens is 307 g/mol. The van der Waals surface area contributed by atoms with Gasteiger partial charge in [0, 0.05) is 11.0 Å². The van der Waals surface area contributed by atoms with E-state index >= 15 is 0 Å². The SMILES string of the molecule is CCNC(=O)CNC(=O)c1cc(Br)ccc1Cl. The summed E-state index contributed by atoms with van der Waals surface area (Å²) in [5, 5.41) is 5.43. The lowest BCUT2D eigenvalue weighted by molar-refractivity contribution is -0.120. The Bertz CT molecular complexity index is 437. The number of amides is 2. The first-order chi connectivity index (χ1) is 8.04. The van der Waals surface area contributed by atoms with Gasteiger partial charge in [-0.25, -0.2) is 0 Å². The monoisotopic (exact) mass is 318 g/mol. The number of benzene rings is 1. The van der Waals surface area contributed by atoms with Gasteiger partial charge in [-0.15, -0.1) is 0 Å². The summed E-state index contributed by atoms with van der Waals surface area (Å²) >= 11 is 9.14. The molecule has 0 unspecified atom stereocenters. The van der Waals surface area contributed by atoms with Gasteiger partial charge in [0.15, 0.2) is 0 Å². The van der Waals surface area contributed by atoms with Crippen molar-refractivity contribution in [2.24, 2.45) is 0 Å². The van der Waals surface area contributed by atoms with E-state index in [1.165, 1.54) is 0 Å². The van der Waals surface area contributed by atoms with Crippen molar-refractivity contribution in [3.8, 4) is 0 Å². The quantitative estimate of drug-likeness (QED) is 0.891. The Balaban J connectivity index is 2.64. The maximum atomic E-state index is 11.7. The Morgan fingerprint density at radius 1 is 1.35 bits per heavy atom. The molecule has 0 heterocycles. The molecular formula is C11H12BrClN2O2. The highest BCUT2D eigenvalue weighted by Crippen LogP contribution is 2.20. The van der Waals surface area contributed by atoms with Crippen LogP contribution in [0.5, 0.6) is 0 Å². The molecule has 0 aliphatic heterocycles. The van der Waals surface area contributed by atoms with E-state index in [9.17, 15) is 9.59 Å². The van der Waals surface area contributed by atoms with Crippen molar-refractivity contribution >= 4 is 39.3 Å². The highest BCUT2D eigenvalue weighted by Gasteiger charge is 2.11. The number of carbonyl (C=O) groups is 2. The smallest absolute Gasteiger partial charge is 0.253 e. The molecule has 17 heavy (non-hydrogen) atoms. The summed E-state index contributed by atoms with van der Waals surface area (Å²) in [4.78, 5) is 22.9. The molecule has 0 aromatic heterocycles. The predicted molar refractivity (Wildman–Crippen MR) is 70.2 cm³/mol. The van der Waals surface area contributed by atoms with Crippen LogP contribution < -0.4 is 10.6 Å². The molecule has 1 rings (SSSR count). The molecule has 0 saturated heterocycles. The molecule has 0 bridgehead atoms. The zero-order chi connectivity index (χ0) is 12.8. The third kappa shape index (κ3) is 4.36. The average Bonchev–Trinajstić information content (AvgIpc) is 2.29. The molecule has 0 fully saturated rings. The van der Waals surface area contributed by atoms with Crippen molar-refractivity contribution in [1.82, 2.24) is 10.6 Å². The van der Waals surface area contributed by atoms with Gasteiger partial charge in [0.25, 0.3) is 5.91 Å². The lowest BCUT2D eigenvalue weighted by atomic mass is 10.2. The van der Waals surface area contributed by atoms with Crippen molar-refractivity contribution in [3.05, 3.63) is 33.3 Å². The van der Waals surface area contributed by atoms with E-state index in [0.29, 0.717) is 17.1 Å². The minimum absolute atomic E-state index is 0.0600. The van der Waals surface area contributed by atoms with Crippen LogP contribution in [0.4, 0.5) is 0 Å². The van der Waals surface area contributed by atoms with E-state index in [-0.39, 0.29) is 18.4 Å². The summed E-state index contributed by atoms with van der Waals surface area (Å²) in [6.45, 7) is 2.28. The average molecular weight is 320 g/mol. The van der Waals surface area contributed by atoms with E-state index in [2.05, 4.69) is 26.6 Å². The first kappa shape index (κ1) is 14.0. The third-order valence-electron chi connectivity index (χ3n) is 1.96.